The number of carboxylic acids is 1. The van der Waals surface area contributed by atoms with Crippen LogP contribution < -0.4 is 5.32 Å². The lowest BCUT2D eigenvalue weighted by molar-refractivity contribution is -0.192. The van der Waals surface area contributed by atoms with Crippen molar-refractivity contribution >= 4 is 5.97 Å². The second-order valence-electron chi connectivity index (χ2n) is 9.59. The summed E-state index contributed by atoms with van der Waals surface area (Å²) >= 11 is 0. The van der Waals surface area contributed by atoms with Gasteiger partial charge < -0.3 is 20.3 Å². The van der Waals surface area contributed by atoms with Gasteiger partial charge in [0.15, 0.2) is 5.82 Å². The first-order chi connectivity index (χ1) is 18.6. The van der Waals surface area contributed by atoms with Crippen LogP contribution >= 0.6 is 0 Å². The van der Waals surface area contributed by atoms with E-state index in [9.17, 15) is 18.3 Å². The Labute approximate surface area is 221 Å². The summed E-state index contributed by atoms with van der Waals surface area (Å²) in [6, 6.07) is 0.299. The molecule has 0 radical (unpaired) electrons. The summed E-state index contributed by atoms with van der Waals surface area (Å²) < 4.78 is 43.0. The molecule has 0 amide bonds. The van der Waals surface area contributed by atoms with Crippen molar-refractivity contribution in [2.24, 2.45) is 5.92 Å². The molecular formula is C22H31F3N10O4. The Balaban J connectivity index is 0.000000448. The number of halogens is 3. The Morgan fingerprint density at radius 1 is 1.28 bits per heavy atom. The maximum absolute atomic E-state index is 10.6. The van der Waals surface area contributed by atoms with Crippen LogP contribution in [0.15, 0.2) is 12.4 Å². The number of carboxylic acid groups (broad SMARTS) is 1. The number of alkyl halides is 3. The maximum atomic E-state index is 10.6. The maximum Gasteiger partial charge on any atom is 0.490 e. The topological polar surface area (TPSA) is 171 Å². The smallest absolute Gasteiger partial charge is 0.475 e. The number of ether oxygens (including phenoxy) is 1. The summed E-state index contributed by atoms with van der Waals surface area (Å²) in [6.07, 6.45) is 1.53. The molecule has 1 saturated carbocycles. The average molecular weight is 557 g/mol. The zero-order chi connectivity index (χ0) is 28.2. The second kappa shape index (κ2) is 12.2. The monoisotopic (exact) mass is 556 g/mol. The van der Waals surface area contributed by atoms with E-state index in [2.05, 4.69) is 36.3 Å². The zero-order valence-electron chi connectivity index (χ0n) is 21.5. The van der Waals surface area contributed by atoms with Gasteiger partial charge in [-0.3, -0.25) is 9.36 Å². The Hall–Kier alpha value is -3.44. The molecule has 2 atom stereocenters. The van der Waals surface area contributed by atoms with Gasteiger partial charge in [0.1, 0.15) is 0 Å². The number of nitrogens with one attached hydrogen (secondary N) is 1. The molecule has 214 valence electrons. The molecule has 2 unspecified atom stereocenters. The van der Waals surface area contributed by atoms with Crippen LogP contribution in [0.3, 0.4) is 0 Å². The third-order valence-electron chi connectivity index (χ3n) is 6.86. The highest BCUT2D eigenvalue weighted by atomic mass is 19.4. The summed E-state index contributed by atoms with van der Waals surface area (Å²) in [6.45, 7) is 6.78. The number of aliphatic carboxylic acids is 1. The van der Waals surface area contributed by atoms with Crippen molar-refractivity contribution in [1.82, 2.24) is 50.3 Å². The summed E-state index contributed by atoms with van der Waals surface area (Å²) in [7, 11) is 0. The van der Waals surface area contributed by atoms with Crippen molar-refractivity contribution in [1.29, 1.82) is 0 Å². The number of aryl methyl sites for hydroxylation is 1. The summed E-state index contributed by atoms with van der Waals surface area (Å²) in [5.41, 5.74) is 3.02. The van der Waals surface area contributed by atoms with E-state index in [-0.39, 0.29) is 18.7 Å². The van der Waals surface area contributed by atoms with E-state index in [0.29, 0.717) is 25.1 Å². The number of aromatic nitrogens is 9. The number of hydrogen-bond acceptors (Lipinski definition) is 10. The SMILES string of the molecule is Cc1nn(CCO)c(C)c1C(NC1CC(Cn2ccnn2)C1)c1nnnn1C1CCOC1.O=C(O)C(F)(F)F. The van der Waals surface area contributed by atoms with Gasteiger partial charge in [-0.1, -0.05) is 5.21 Å². The Morgan fingerprint density at radius 3 is 2.62 bits per heavy atom. The third-order valence-corrected chi connectivity index (χ3v) is 6.86. The number of tetrazole rings is 1. The highest BCUT2D eigenvalue weighted by Gasteiger charge is 2.38. The second-order valence-corrected chi connectivity index (χ2v) is 9.59. The summed E-state index contributed by atoms with van der Waals surface area (Å²) in [5.74, 6) is -1.41. The highest BCUT2D eigenvalue weighted by molar-refractivity contribution is 5.73. The number of aliphatic hydroxyl groups is 1. The van der Waals surface area contributed by atoms with Crippen LogP contribution in [0.2, 0.25) is 0 Å². The van der Waals surface area contributed by atoms with Crippen LogP contribution in [-0.2, 0) is 22.6 Å². The number of hydrogen-bond donors (Lipinski definition) is 3. The molecule has 39 heavy (non-hydrogen) atoms. The van der Waals surface area contributed by atoms with Crippen LogP contribution in [0.4, 0.5) is 13.2 Å². The van der Waals surface area contributed by atoms with E-state index in [0.717, 1.165) is 55.2 Å². The molecule has 0 aromatic carbocycles. The molecule has 5 rings (SSSR count). The number of carbonyl (C=O) groups is 1. The van der Waals surface area contributed by atoms with Gasteiger partial charge in [-0.05, 0) is 49.5 Å². The van der Waals surface area contributed by atoms with Gasteiger partial charge in [0.05, 0.1) is 43.7 Å². The van der Waals surface area contributed by atoms with Gasteiger partial charge in [0.25, 0.3) is 0 Å². The molecule has 1 aliphatic heterocycles. The number of rotatable bonds is 9. The predicted molar refractivity (Wildman–Crippen MR) is 126 cm³/mol. The molecule has 0 bridgehead atoms. The van der Waals surface area contributed by atoms with E-state index in [4.69, 9.17) is 14.6 Å². The first kappa shape index (κ1) is 28.6. The van der Waals surface area contributed by atoms with Crippen molar-refractivity contribution in [2.75, 3.05) is 19.8 Å². The first-order valence-electron chi connectivity index (χ1n) is 12.5. The van der Waals surface area contributed by atoms with E-state index in [1.165, 1.54) is 0 Å². The Morgan fingerprint density at radius 2 is 2.03 bits per heavy atom. The van der Waals surface area contributed by atoms with Crippen molar-refractivity contribution in [3.05, 3.63) is 35.2 Å². The quantitative estimate of drug-likeness (QED) is 0.341. The van der Waals surface area contributed by atoms with Gasteiger partial charge in [0.2, 0.25) is 0 Å². The van der Waals surface area contributed by atoms with Crippen LogP contribution in [0.1, 0.15) is 54.1 Å². The van der Waals surface area contributed by atoms with Crippen molar-refractivity contribution in [3.63, 3.8) is 0 Å². The molecule has 1 saturated heterocycles. The minimum atomic E-state index is -5.08. The Bertz CT molecular complexity index is 1220. The largest absolute Gasteiger partial charge is 0.490 e. The normalized spacial score (nSPS) is 21.7. The minimum absolute atomic E-state index is 0.0449. The fourth-order valence-electron chi connectivity index (χ4n) is 4.94. The van der Waals surface area contributed by atoms with Crippen LogP contribution in [-0.4, -0.2) is 93.2 Å². The molecule has 2 aliphatic rings. The molecule has 17 heteroatoms. The van der Waals surface area contributed by atoms with Gasteiger partial charge in [-0.15, -0.1) is 10.2 Å². The zero-order valence-corrected chi connectivity index (χ0v) is 21.5. The molecule has 3 aromatic heterocycles. The minimum Gasteiger partial charge on any atom is -0.475 e. The van der Waals surface area contributed by atoms with Gasteiger partial charge in [0, 0.05) is 36.6 Å². The van der Waals surface area contributed by atoms with E-state index >= 15 is 0 Å². The molecule has 2 fully saturated rings. The van der Waals surface area contributed by atoms with Crippen molar-refractivity contribution < 1.29 is 32.9 Å². The first-order valence-corrected chi connectivity index (χ1v) is 12.5. The summed E-state index contributed by atoms with van der Waals surface area (Å²) in [4.78, 5) is 8.90. The van der Waals surface area contributed by atoms with Crippen LogP contribution in [0.25, 0.3) is 0 Å². The molecule has 14 nitrogen and oxygen atoms in total. The molecule has 1 aliphatic carbocycles. The van der Waals surface area contributed by atoms with Gasteiger partial charge >= 0.3 is 12.1 Å². The van der Waals surface area contributed by atoms with Gasteiger partial charge in [-0.25, -0.2) is 9.48 Å². The third kappa shape index (κ3) is 6.77. The molecule has 0 spiro atoms. The molecule has 3 aromatic rings. The van der Waals surface area contributed by atoms with Crippen LogP contribution in [0, 0.1) is 19.8 Å². The van der Waals surface area contributed by atoms with Gasteiger partial charge in [-0.2, -0.15) is 18.3 Å². The highest BCUT2D eigenvalue weighted by Crippen LogP contribution is 2.35. The fraction of sp³-hybridized carbons (Fsp3) is 0.682. The van der Waals surface area contributed by atoms with Crippen molar-refractivity contribution in [3.8, 4) is 0 Å². The predicted octanol–water partition coefficient (Wildman–Crippen LogP) is 0.823. The van der Waals surface area contributed by atoms with Crippen molar-refractivity contribution in [2.45, 2.75) is 70.5 Å². The lowest BCUT2D eigenvalue weighted by Crippen LogP contribution is -2.45. The van der Waals surface area contributed by atoms with E-state index < -0.39 is 12.1 Å². The fourth-order valence-corrected chi connectivity index (χ4v) is 4.94. The van der Waals surface area contributed by atoms with E-state index in [1.807, 2.05) is 34.1 Å². The van der Waals surface area contributed by atoms with Crippen LogP contribution in [0.5, 0.6) is 0 Å². The Kier molecular flexibility index (Phi) is 8.91. The summed E-state index contributed by atoms with van der Waals surface area (Å²) in [5, 5.41) is 45.8. The average Bonchev–Trinajstić information content (AvgIpc) is 3.65. The number of nitrogens with zero attached hydrogens (tertiary/aromatic N) is 9. The molecular weight excluding hydrogens is 525 g/mol. The lowest BCUT2D eigenvalue weighted by Gasteiger charge is -2.38. The number of aliphatic hydroxyl groups excluding tert-OH is 1. The molecule has 4 heterocycles. The molecule has 3 N–H and O–H groups in total. The standard InChI is InChI=1S/C20H30N10O2.C2HF3O2/c1-13-18(14(2)29(24-13)6-7-31)19(20-23-25-27-30(20)17-3-8-32-12-17)22-16-9-15(10-16)11-28-5-4-21-26-28;3-2(4,5)1(6)7/h4-5,15-17,19,22,31H,3,6-12H2,1-2H3;(H,6,7). The lowest BCUT2D eigenvalue weighted by atomic mass is 9.79. The van der Waals surface area contributed by atoms with E-state index in [1.54, 1.807) is 6.20 Å².